The van der Waals surface area contributed by atoms with Crippen molar-refractivity contribution in [1.82, 2.24) is 4.98 Å². The number of nitriles is 1. The molecule has 2 aromatic carbocycles. The van der Waals surface area contributed by atoms with E-state index in [9.17, 15) is 5.26 Å². The molecule has 0 amide bonds. The van der Waals surface area contributed by atoms with Gasteiger partial charge in [-0.2, -0.15) is 5.26 Å². The molecule has 0 bridgehead atoms. The van der Waals surface area contributed by atoms with Crippen molar-refractivity contribution < 1.29 is 9.47 Å². The topological polar surface area (TPSA) is 55.1 Å². The highest BCUT2D eigenvalue weighted by Crippen LogP contribution is 2.30. The van der Waals surface area contributed by atoms with E-state index in [1.165, 1.54) is 11.3 Å². The third kappa shape index (κ3) is 3.70. The summed E-state index contributed by atoms with van der Waals surface area (Å²) in [6.45, 7) is 0. The van der Waals surface area contributed by atoms with Crippen LogP contribution in [-0.2, 0) is 0 Å². The minimum atomic E-state index is 0.503. The van der Waals surface area contributed by atoms with E-state index in [0.29, 0.717) is 10.6 Å². The lowest BCUT2D eigenvalue weighted by atomic mass is 10.1. The molecule has 3 rings (SSSR count). The molecular formula is C20H16N2O2S. The molecule has 0 aliphatic carbocycles. The van der Waals surface area contributed by atoms with Crippen LogP contribution in [0.15, 0.2) is 53.9 Å². The molecule has 0 radical (unpaired) electrons. The number of benzene rings is 2. The highest BCUT2D eigenvalue weighted by molar-refractivity contribution is 7.11. The van der Waals surface area contributed by atoms with Gasteiger partial charge in [-0.1, -0.05) is 30.3 Å². The number of rotatable bonds is 5. The normalized spacial score (nSPS) is 11.0. The predicted octanol–water partition coefficient (Wildman–Crippen LogP) is 4.89. The van der Waals surface area contributed by atoms with Gasteiger partial charge in [-0.3, -0.25) is 0 Å². The first-order chi connectivity index (χ1) is 12.2. The lowest BCUT2D eigenvalue weighted by Gasteiger charge is -2.04. The van der Waals surface area contributed by atoms with Gasteiger partial charge in [0, 0.05) is 16.5 Å². The maximum absolute atomic E-state index is 9.55. The lowest BCUT2D eigenvalue weighted by Crippen LogP contribution is -1.88. The van der Waals surface area contributed by atoms with Gasteiger partial charge in [0.15, 0.2) is 0 Å². The summed E-state index contributed by atoms with van der Waals surface area (Å²) in [6, 6.07) is 17.5. The van der Waals surface area contributed by atoms with E-state index in [1.54, 1.807) is 20.3 Å². The van der Waals surface area contributed by atoms with E-state index >= 15 is 0 Å². The van der Waals surface area contributed by atoms with E-state index in [2.05, 4.69) is 11.1 Å². The van der Waals surface area contributed by atoms with Crippen LogP contribution in [0.3, 0.4) is 0 Å². The fraction of sp³-hybridized carbons (Fsp3) is 0.100. The largest absolute Gasteiger partial charge is 0.497 e. The Balaban J connectivity index is 1.97. The zero-order chi connectivity index (χ0) is 17.6. The summed E-state index contributed by atoms with van der Waals surface area (Å²) in [5, 5.41) is 12.2. The van der Waals surface area contributed by atoms with Crippen molar-refractivity contribution in [1.29, 1.82) is 5.26 Å². The van der Waals surface area contributed by atoms with Crippen LogP contribution in [0, 0.1) is 11.3 Å². The van der Waals surface area contributed by atoms with Gasteiger partial charge < -0.3 is 9.47 Å². The fourth-order valence-corrected chi connectivity index (χ4v) is 3.19. The Bertz CT molecular complexity index is 954. The molecule has 0 aliphatic heterocycles. The Kier molecular flexibility index (Phi) is 5.12. The van der Waals surface area contributed by atoms with Gasteiger partial charge >= 0.3 is 0 Å². The summed E-state index contributed by atoms with van der Waals surface area (Å²) in [7, 11) is 3.25. The monoisotopic (exact) mass is 348 g/mol. The van der Waals surface area contributed by atoms with Crippen molar-refractivity contribution in [2.75, 3.05) is 14.2 Å². The minimum absolute atomic E-state index is 0.503. The summed E-state index contributed by atoms with van der Waals surface area (Å²) in [5.41, 5.74) is 3.12. The highest BCUT2D eigenvalue weighted by atomic mass is 32.1. The molecule has 0 aliphatic rings. The Morgan fingerprint density at radius 1 is 1.12 bits per heavy atom. The highest BCUT2D eigenvalue weighted by Gasteiger charge is 2.11. The van der Waals surface area contributed by atoms with Gasteiger partial charge in [0.25, 0.3) is 0 Å². The SMILES string of the molecule is COc1cccc(-c2csc(C(C#N)=Cc3ccccc3OC)n2)c1. The van der Waals surface area contributed by atoms with Crippen molar-refractivity contribution in [3.05, 3.63) is 64.5 Å². The number of methoxy groups -OCH3 is 2. The Morgan fingerprint density at radius 2 is 1.96 bits per heavy atom. The van der Waals surface area contributed by atoms with E-state index < -0.39 is 0 Å². The standard InChI is InChI=1S/C20H16N2O2S/c1-23-17-8-5-7-14(11-17)18-13-25-20(22-18)16(12-21)10-15-6-3-4-9-19(15)24-2/h3-11,13H,1-2H3. The Hall–Kier alpha value is -3.10. The molecule has 4 nitrogen and oxygen atoms in total. The second-order valence-corrected chi connectivity index (χ2v) is 6.04. The number of thiazole rings is 1. The molecule has 5 heteroatoms. The van der Waals surface area contributed by atoms with Gasteiger partial charge in [-0.25, -0.2) is 4.98 Å². The summed E-state index contributed by atoms with van der Waals surface area (Å²) in [6.07, 6.45) is 1.80. The van der Waals surface area contributed by atoms with Gasteiger partial charge in [0.2, 0.25) is 0 Å². The van der Waals surface area contributed by atoms with E-state index in [0.717, 1.165) is 28.3 Å². The van der Waals surface area contributed by atoms with E-state index in [1.807, 2.05) is 53.9 Å². The van der Waals surface area contributed by atoms with Gasteiger partial charge in [-0.15, -0.1) is 11.3 Å². The third-order valence-corrected chi connectivity index (χ3v) is 4.53. The second kappa shape index (κ2) is 7.65. The molecule has 1 heterocycles. The molecule has 25 heavy (non-hydrogen) atoms. The first kappa shape index (κ1) is 16.7. The van der Waals surface area contributed by atoms with Gasteiger partial charge in [0.1, 0.15) is 22.6 Å². The third-order valence-electron chi connectivity index (χ3n) is 3.66. The quantitative estimate of drug-likeness (QED) is 0.616. The van der Waals surface area contributed by atoms with Crippen molar-refractivity contribution in [3.63, 3.8) is 0 Å². The summed E-state index contributed by atoms with van der Waals surface area (Å²) < 4.78 is 10.6. The number of allylic oxidation sites excluding steroid dienone is 1. The average molecular weight is 348 g/mol. The molecule has 1 aromatic heterocycles. The summed E-state index contributed by atoms with van der Waals surface area (Å²) >= 11 is 1.44. The molecule has 0 saturated carbocycles. The van der Waals surface area contributed by atoms with Crippen LogP contribution in [-0.4, -0.2) is 19.2 Å². The number of para-hydroxylation sites is 1. The molecule has 0 saturated heterocycles. The molecule has 124 valence electrons. The van der Waals surface area contributed by atoms with Crippen LogP contribution in [0.2, 0.25) is 0 Å². The minimum Gasteiger partial charge on any atom is -0.497 e. The number of nitrogens with zero attached hydrogens (tertiary/aromatic N) is 2. The summed E-state index contributed by atoms with van der Waals surface area (Å²) in [4.78, 5) is 4.61. The lowest BCUT2D eigenvalue weighted by molar-refractivity contribution is 0.414. The number of hydrogen-bond donors (Lipinski definition) is 0. The molecule has 3 aromatic rings. The van der Waals surface area contributed by atoms with Crippen LogP contribution in [0.1, 0.15) is 10.6 Å². The van der Waals surface area contributed by atoms with Gasteiger partial charge in [0.05, 0.1) is 25.5 Å². The Labute approximate surface area is 150 Å². The van der Waals surface area contributed by atoms with Crippen LogP contribution in [0.25, 0.3) is 22.9 Å². The van der Waals surface area contributed by atoms with Crippen LogP contribution in [0.5, 0.6) is 11.5 Å². The predicted molar refractivity (Wildman–Crippen MR) is 101 cm³/mol. The molecule has 0 unspecified atom stereocenters. The average Bonchev–Trinajstić information content (AvgIpc) is 3.16. The number of ether oxygens (including phenoxy) is 2. The van der Waals surface area contributed by atoms with E-state index in [-0.39, 0.29) is 0 Å². The molecule has 0 atom stereocenters. The first-order valence-corrected chi connectivity index (χ1v) is 8.48. The van der Waals surface area contributed by atoms with Gasteiger partial charge in [-0.05, 0) is 24.3 Å². The maximum atomic E-state index is 9.55. The van der Waals surface area contributed by atoms with Crippen LogP contribution >= 0.6 is 11.3 Å². The van der Waals surface area contributed by atoms with Crippen molar-refractivity contribution >= 4 is 23.0 Å². The van der Waals surface area contributed by atoms with Crippen molar-refractivity contribution in [3.8, 4) is 28.8 Å². The number of aromatic nitrogens is 1. The molecular weight excluding hydrogens is 332 g/mol. The smallest absolute Gasteiger partial charge is 0.134 e. The van der Waals surface area contributed by atoms with Crippen LogP contribution in [0.4, 0.5) is 0 Å². The zero-order valence-corrected chi connectivity index (χ0v) is 14.7. The first-order valence-electron chi connectivity index (χ1n) is 7.60. The molecule has 0 N–H and O–H groups in total. The van der Waals surface area contributed by atoms with E-state index in [4.69, 9.17) is 9.47 Å². The summed E-state index contributed by atoms with van der Waals surface area (Å²) in [5.74, 6) is 1.50. The number of hydrogen-bond acceptors (Lipinski definition) is 5. The zero-order valence-electron chi connectivity index (χ0n) is 13.9. The molecule has 0 fully saturated rings. The maximum Gasteiger partial charge on any atom is 0.134 e. The molecule has 0 spiro atoms. The van der Waals surface area contributed by atoms with Crippen molar-refractivity contribution in [2.24, 2.45) is 0 Å². The van der Waals surface area contributed by atoms with Crippen LogP contribution < -0.4 is 9.47 Å². The Morgan fingerprint density at radius 3 is 2.72 bits per heavy atom. The fourth-order valence-electron chi connectivity index (χ4n) is 2.40. The second-order valence-electron chi connectivity index (χ2n) is 5.18. The van der Waals surface area contributed by atoms with Crippen molar-refractivity contribution in [2.45, 2.75) is 0 Å².